The highest BCUT2D eigenvalue weighted by molar-refractivity contribution is 5.81. The topological polar surface area (TPSA) is 86.7 Å². The molecule has 2 aromatic heterocycles. The summed E-state index contributed by atoms with van der Waals surface area (Å²) in [4.78, 5) is 15.4. The summed E-state index contributed by atoms with van der Waals surface area (Å²) in [7, 11) is 0. The van der Waals surface area contributed by atoms with Crippen LogP contribution in [0, 0.1) is 0 Å². The number of H-pyrrole nitrogens is 1. The second kappa shape index (κ2) is 5.16. The van der Waals surface area contributed by atoms with Gasteiger partial charge in [-0.05, 0) is 18.1 Å². The monoisotopic (exact) mass is 269 g/mol. The van der Waals surface area contributed by atoms with Crippen molar-refractivity contribution in [3.63, 3.8) is 0 Å². The number of aromatic hydroxyl groups is 1. The van der Waals surface area contributed by atoms with Crippen molar-refractivity contribution in [2.45, 2.75) is 19.9 Å². The Labute approximate surface area is 115 Å². The Morgan fingerprint density at radius 1 is 1.25 bits per heavy atom. The molecule has 0 unspecified atom stereocenters. The van der Waals surface area contributed by atoms with Crippen molar-refractivity contribution in [3.8, 4) is 5.75 Å². The van der Waals surface area contributed by atoms with Gasteiger partial charge in [0.05, 0.1) is 6.33 Å². The van der Waals surface area contributed by atoms with E-state index in [1.165, 1.54) is 6.33 Å². The minimum Gasteiger partial charge on any atom is -0.508 e. The second-order valence-electron chi connectivity index (χ2n) is 4.45. The van der Waals surface area contributed by atoms with Crippen molar-refractivity contribution < 1.29 is 5.11 Å². The molecule has 0 saturated heterocycles. The zero-order chi connectivity index (χ0) is 13.9. The van der Waals surface area contributed by atoms with Crippen LogP contribution in [0.2, 0.25) is 0 Å². The summed E-state index contributed by atoms with van der Waals surface area (Å²) in [6, 6.07) is 5.57. The third kappa shape index (κ3) is 2.16. The molecule has 6 heteroatoms. The lowest BCUT2D eigenvalue weighted by Gasteiger charge is -2.11. The molecule has 0 fully saturated rings. The number of imidazole rings is 1. The lowest BCUT2D eigenvalue weighted by Crippen LogP contribution is -2.05. The number of aromatic nitrogens is 4. The number of phenolic OH excluding ortho intramolecular Hbond substituents is 1. The number of rotatable bonds is 4. The van der Waals surface area contributed by atoms with Gasteiger partial charge in [0.15, 0.2) is 11.5 Å². The predicted octanol–water partition coefficient (Wildman–Crippen LogP) is 2.23. The molecule has 20 heavy (non-hydrogen) atoms. The van der Waals surface area contributed by atoms with E-state index in [9.17, 15) is 5.11 Å². The predicted molar refractivity (Wildman–Crippen MR) is 76.5 cm³/mol. The SMILES string of the molecule is CCc1cccc(O)c1CNc1ncnc2nc[nH]c12. The Balaban J connectivity index is 1.88. The van der Waals surface area contributed by atoms with Gasteiger partial charge in [-0.1, -0.05) is 19.1 Å². The van der Waals surface area contributed by atoms with Gasteiger partial charge in [-0.2, -0.15) is 0 Å². The molecule has 0 saturated carbocycles. The molecule has 3 aromatic rings. The number of nitrogens with one attached hydrogen (secondary N) is 2. The quantitative estimate of drug-likeness (QED) is 0.676. The van der Waals surface area contributed by atoms with Gasteiger partial charge in [-0.3, -0.25) is 0 Å². The van der Waals surface area contributed by atoms with Crippen molar-refractivity contribution in [1.82, 2.24) is 19.9 Å². The molecule has 0 atom stereocenters. The first-order valence-corrected chi connectivity index (χ1v) is 6.47. The first-order valence-electron chi connectivity index (χ1n) is 6.47. The number of fused-ring (bicyclic) bond motifs is 1. The van der Waals surface area contributed by atoms with Gasteiger partial charge in [0.2, 0.25) is 0 Å². The van der Waals surface area contributed by atoms with Gasteiger partial charge in [0.1, 0.15) is 17.6 Å². The van der Waals surface area contributed by atoms with Crippen LogP contribution in [-0.4, -0.2) is 25.0 Å². The molecule has 0 aliphatic carbocycles. The smallest absolute Gasteiger partial charge is 0.182 e. The Kier molecular flexibility index (Phi) is 3.20. The van der Waals surface area contributed by atoms with Crippen LogP contribution in [0.3, 0.4) is 0 Å². The molecule has 102 valence electrons. The summed E-state index contributed by atoms with van der Waals surface area (Å²) in [6.07, 6.45) is 3.92. The largest absolute Gasteiger partial charge is 0.508 e. The molecule has 0 amide bonds. The number of phenols is 1. The number of hydrogen-bond acceptors (Lipinski definition) is 5. The van der Waals surface area contributed by atoms with E-state index in [0.717, 1.165) is 23.1 Å². The van der Waals surface area contributed by atoms with E-state index < -0.39 is 0 Å². The van der Waals surface area contributed by atoms with Crippen molar-refractivity contribution in [1.29, 1.82) is 0 Å². The number of benzene rings is 1. The first kappa shape index (κ1) is 12.4. The zero-order valence-electron chi connectivity index (χ0n) is 11.1. The Hall–Kier alpha value is -2.63. The third-order valence-electron chi connectivity index (χ3n) is 3.28. The standard InChI is InChI=1S/C14H15N5O/c1-2-9-4-3-5-11(20)10(9)6-15-13-12-14(17-7-16-12)19-8-18-13/h3-5,7-8,20H,2,6H2,1H3,(H2,15,16,17,18,19). The van der Waals surface area contributed by atoms with E-state index >= 15 is 0 Å². The number of nitrogens with zero attached hydrogens (tertiary/aromatic N) is 3. The molecule has 0 radical (unpaired) electrons. The molecule has 0 bridgehead atoms. The van der Waals surface area contributed by atoms with Crippen LogP contribution in [0.1, 0.15) is 18.1 Å². The first-order chi connectivity index (χ1) is 9.79. The summed E-state index contributed by atoms with van der Waals surface area (Å²) in [5, 5.41) is 13.2. The fourth-order valence-electron chi connectivity index (χ4n) is 2.23. The maximum absolute atomic E-state index is 9.98. The lowest BCUT2D eigenvalue weighted by atomic mass is 10.0. The van der Waals surface area contributed by atoms with Gasteiger partial charge < -0.3 is 15.4 Å². The van der Waals surface area contributed by atoms with E-state index in [0.29, 0.717) is 23.8 Å². The minimum atomic E-state index is 0.298. The normalized spacial score (nSPS) is 10.8. The average Bonchev–Trinajstić information content (AvgIpc) is 2.94. The number of aryl methyl sites for hydroxylation is 1. The third-order valence-corrected chi connectivity index (χ3v) is 3.28. The van der Waals surface area contributed by atoms with Crippen molar-refractivity contribution >= 4 is 17.0 Å². The highest BCUT2D eigenvalue weighted by Crippen LogP contribution is 2.23. The maximum atomic E-state index is 9.98. The minimum absolute atomic E-state index is 0.298. The molecule has 2 heterocycles. The number of hydrogen-bond donors (Lipinski definition) is 3. The van der Waals surface area contributed by atoms with E-state index in [1.54, 1.807) is 12.4 Å². The van der Waals surface area contributed by atoms with E-state index in [4.69, 9.17) is 0 Å². The summed E-state index contributed by atoms with van der Waals surface area (Å²) < 4.78 is 0. The van der Waals surface area contributed by atoms with Crippen LogP contribution in [0.4, 0.5) is 5.82 Å². The van der Waals surface area contributed by atoms with Crippen LogP contribution < -0.4 is 5.32 Å². The van der Waals surface area contributed by atoms with E-state index in [2.05, 4.69) is 32.2 Å². The molecular weight excluding hydrogens is 254 g/mol. The second-order valence-corrected chi connectivity index (χ2v) is 4.45. The summed E-state index contributed by atoms with van der Waals surface area (Å²) in [5.41, 5.74) is 3.39. The molecule has 6 nitrogen and oxygen atoms in total. The van der Waals surface area contributed by atoms with Crippen molar-refractivity contribution in [3.05, 3.63) is 42.0 Å². The fourth-order valence-corrected chi connectivity index (χ4v) is 2.23. The average molecular weight is 269 g/mol. The summed E-state index contributed by atoms with van der Waals surface area (Å²) >= 11 is 0. The molecule has 0 spiro atoms. The van der Waals surface area contributed by atoms with Gasteiger partial charge in [0, 0.05) is 12.1 Å². The van der Waals surface area contributed by atoms with Crippen LogP contribution in [0.5, 0.6) is 5.75 Å². The fraction of sp³-hybridized carbons (Fsp3) is 0.214. The Morgan fingerprint density at radius 2 is 2.15 bits per heavy atom. The van der Waals surface area contributed by atoms with Gasteiger partial charge in [-0.25, -0.2) is 15.0 Å². The maximum Gasteiger partial charge on any atom is 0.182 e. The highest BCUT2D eigenvalue weighted by atomic mass is 16.3. The van der Waals surface area contributed by atoms with Crippen LogP contribution in [0.25, 0.3) is 11.2 Å². The Morgan fingerprint density at radius 3 is 3.00 bits per heavy atom. The highest BCUT2D eigenvalue weighted by Gasteiger charge is 2.09. The number of anilines is 1. The molecule has 0 aliphatic rings. The van der Waals surface area contributed by atoms with Crippen LogP contribution >= 0.6 is 0 Å². The van der Waals surface area contributed by atoms with Crippen LogP contribution in [-0.2, 0) is 13.0 Å². The molecule has 3 rings (SSSR count). The molecule has 0 aliphatic heterocycles. The van der Waals surface area contributed by atoms with E-state index in [-0.39, 0.29) is 0 Å². The van der Waals surface area contributed by atoms with Crippen molar-refractivity contribution in [2.24, 2.45) is 0 Å². The van der Waals surface area contributed by atoms with Crippen molar-refractivity contribution in [2.75, 3.05) is 5.32 Å². The lowest BCUT2D eigenvalue weighted by molar-refractivity contribution is 0.468. The Bertz CT molecular complexity index is 737. The molecule has 3 N–H and O–H groups in total. The van der Waals surface area contributed by atoms with Crippen LogP contribution in [0.15, 0.2) is 30.9 Å². The van der Waals surface area contributed by atoms with Gasteiger partial charge in [0.25, 0.3) is 0 Å². The molecule has 1 aromatic carbocycles. The summed E-state index contributed by atoms with van der Waals surface area (Å²) in [6.45, 7) is 2.57. The van der Waals surface area contributed by atoms with Gasteiger partial charge in [-0.15, -0.1) is 0 Å². The zero-order valence-corrected chi connectivity index (χ0v) is 11.1. The summed E-state index contributed by atoms with van der Waals surface area (Å²) in [5.74, 6) is 0.976. The molecular formula is C14H15N5O. The van der Waals surface area contributed by atoms with Gasteiger partial charge >= 0.3 is 0 Å². The number of aromatic amines is 1. The van der Waals surface area contributed by atoms with E-state index in [1.807, 2.05) is 12.1 Å².